The monoisotopic (exact) mass is 339 g/mol. The molecule has 1 heterocycles. The fourth-order valence-corrected chi connectivity index (χ4v) is 1.58. The smallest absolute Gasteiger partial charge is 0.478 e. The van der Waals surface area contributed by atoms with Crippen LogP contribution in [0.3, 0.4) is 0 Å². The molecule has 10 heteroatoms. The van der Waals surface area contributed by atoms with Crippen LogP contribution in [0, 0.1) is 0 Å². The second-order valence-corrected chi connectivity index (χ2v) is 3.66. The minimum Gasteiger partial charge on any atom is -0.478 e. The van der Waals surface area contributed by atoms with Crippen molar-refractivity contribution in [2.24, 2.45) is 0 Å². The first kappa shape index (κ1) is 14.9. The maximum atomic E-state index is 12.4. The summed E-state index contributed by atoms with van der Waals surface area (Å²) in [7, 11) is 0.950. The first-order chi connectivity index (χ1) is 8.06. The number of ether oxygens (including phenoxy) is 2. The van der Waals surface area contributed by atoms with E-state index in [9.17, 15) is 26.3 Å². The van der Waals surface area contributed by atoms with Crippen molar-refractivity contribution in [3.05, 3.63) is 16.2 Å². The zero-order valence-electron chi connectivity index (χ0n) is 8.49. The first-order valence-electron chi connectivity index (χ1n) is 4.11. The van der Waals surface area contributed by atoms with E-state index in [4.69, 9.17) is 0 Å². The summed E-state index contributed by atoms with van der Waals surface area (Å²) >= 11 is 2.40. The first-order valence-corrected chi connectivity index (χ1v) is 4.91. The van der Waals surface area contributed by atoms with Crippen LogP contribution in [0.2, 0.25) is 0 Å². The lowest BCUT2D eigenvalue weighted by Gasteiger charge is -2.16. The number of aromatic nitrogens is 1. The molecule has 0 aliphatic heterocycles. The zero-order valence-corrected chi connectivity index (χ0v) is 10.1. The van der Waals surface area contributed by atoms with Gasteiger partial charge in [-0.2, -0.15) is 13.2 Å². The van der Waals surface area contributed by atoms with Crippen molar-refractivity contribution in [1.82, 2.24) is 4.98 Å². The highest BCUT2D eigenvalue weighted by atomic mass is 79.9. The van der Waals surface area contributed by atoms with E-state index < -0.39 is 34.2 Å². The number of methoxy groups -OCH3 is 1. The lowest BCUT2D eigenvalue weighted by atomic mass is 10.2. The molecule has 0 saturated heterocycles. The average Bonchev–Trinajstić information content (AvgIpc) is 2.17. The lowest BCUT2D eigenvalue weighted by molar-refractivity contribution is -0.275. The molecule has 0 amide bonds. The summed E-state index contributed by atoms with van der Waals surface area (Å²) in [4.78, 5) is 3.11. The van der Waals surface area contributed by atoms with Gasteiger partial charge in [-0.25, -0.2) is 4.98 Å². The molecule has 0 N–H and O–H groups in total. The van der Waals surface area contributed by atoms with Gasteiger partial charge in [0, 0.05) is 6.20 Å². The van der Waals surface area contributed by atoms with Crippen LogP contribution in [-0.4, -0.2) is 18.5 Å². The molecule has 1 aromatic heterocycles. The van der Waals surface area contributed by atoms with Gasteiger partial charge in [0.15, 0.2) is 0 Å². The quantitative estimate of drug-likeness (QED) is 0.768. The van der Waals surface area contributed by atoms with Gasteiger partial charge in [0.25, 0.3) is 5.88 Å². The van der Waals surface area contributed by atoms with E-state index in [0.717, 1.165) is 7.11 Å². The molecule has 3 nitrogen and oxygen atoms in total. The summed E-state index contributed by atoms with van der Waals surface area (Å²) in [6, 6.07) is 0. The maximum Gasteiger partial charge on any atom is 0.573 e. The Balaban J connectivity index is 3.37. The van der Waals surface area contributed by atoms with Crippen molar-refractivity contribution in [2.75, 3.05) is 7.11 Å². The number of nitrogens with zero attached hydrogens (tertiary/aromatic N) is 1. The van der Waals surface area contributed by atoms with Crippen LogP contribution in [0.5, 0.6) is 11.6 Å². The number of hydrogen-bond donors (Lipinski definition) is 0. The Bertz CT molecular complexity index is 444. The number of alkyl halides is 6. The van der Waals surface area contributed by atoms with Crippen LogP contribution < -0.4 is 9.47 Å². The van der Waals surface area contributed by atoms with E-state index in [0.29, 0.717) is 6.20 Å². The second-order valence-electron chi connectivity index (χ2n) is 2.87. The molecular weight excluding hydrogens is 336 g/mol. The topological polar surface area (TPSA) is 31.4 Å². The number of rotatable bonds is 2. The minimum atomic E-state index is -5.16. The molecule has 18 heavy (non-hydrogen) atoms. The van der Waals surface area contributed by atoms with Gasteiger partial charge in [0.2, 0.25) is 5.75 Å². The summed E-state index contributed by atoms with van der Waals surface area (Å²) in [5.74, 6) is -1.90. The third-order valence-corrected chi connectivity index (χ3v) is 2.44. The van der Waals surface area contributed by atoms with Crippen LogP contribution in [0.1, 0.15) is 5.56 Å². The summed E-state index contributed by atoms with van der Waals surface area (Å²) in [5, 5.41) is 0. The van der Waals surface area contributed by atoms with Crippen LogP contribution in [0.15, 0.2) is 10.7 Å². The number of hydrogen-bond acceptors (Lipinski definition) is 3. The summed E-state index contributed by atoms with van der Waals surface area (Å²) in [5.41, 5.74) is -1.40. The molecule has 0 aliphatic rings. The van der Waals surface area contributed by atoms with E-state index in [-0.39, 0.29) is 0 Å². The molecule has 0 aromatic carbocycles. The summed E-state index contributed by atoms with van der Waals surface area (Å²) in [6.45, 7) is 0. The molecule has 0 radical (unpaired) electrons. The van der Waals surface area contributed by atoms with Gasteiger partial charge in [0.05, 0.1) is 17.1 Å². The van der Waals surface area contributed by atoms with E-state index >= 15 is 0 Å². The van der Waals surface area contributed by atoms with E-state index in [2.05, 4.69) is 30.4 Å². The molecule has 0 atom stereocenters. The van der Waals surface area contributed by atoms with Gasteiger partial charge in [0.1, 0.15) is 0 Å². The fourth-order valence-electron chi connectivity index (χ4n) is 1.00. The molecule has 0 aliphatic carbocycles. The predicted octanol–water partition coefficient (Wildman–Crippen LogP) is 3.77. The lowest BCUT2D eigenvalue weighted by Crippen LogP contribution is -2.19. The Morgan fingerprint density at radius 3 is 2.11 bits per heavy atom. The maximum absolute atomic E-state index is 12.4. The Morgan fingerprint density at radius 1 is 1.17 bits per heavy atom. The molecule has 0 fully saturated rings. The van der Waals surface area contributed by atoms with Gasteiger partial charge in [-0.1, -0.05) is 0 Å². The van der Waals surface area contributed by atoms with Crippen LogP contribution in [0.4, 0.5) is 26.3 Å². The molecule has 0 spiro atoms. The molecule has 0 saturated carbocycles. The molecule has 102 valence electrons. The molecule has 0 bridgehead atoms. The molecular formula is C8H4BrF6NO2. The van der Waals surface area contributed by atoms with E-state index in [1.54, 1.807) is 0 Å². The van der Waals surface area contributed by atoms with E-state index in [1.807, 2.05) is 0 Å². The molecule has 1 aromatic rings. The zero-order chi connectivity index (χ0) is 14.1. The van der Waals surface area contributed by atoms with Gasteiger partial charge in [-0.15, -0.1) is 13.2 Å². The van der Waals surface area contributed by atoms with Crippen molar-refractivity contribution in [3.63, 3.8) is 0 Å². The highest BCUT2D eigenvalue weighted by Gasteiger charge is 2.39. The van der Waals surface area contributed by atoms with Crippen LogP contribution >= 0.6 is 15.9 Å². The Morgan fingerprint density at radius 2 is 1.72 bits per heavy atom. The Kier molecular flexibility index (Phi) is 3.99. The second kappa shape index (κ2) is 4.82. The molecule has 0 unspecified atom stereocenters. The van der Waals surface area contributed by atoms with Crippen molar-refractivity contribution in [2.45, 2.75) is 12.5 Å². The van der Waals surface area contributed by atoms with Gasteiger partial charge < -0.3 is 9.47 Å². The van der Waals surface area contributed by atoms with Gasteiger partial charge in [-0.05, 0) is 15.9 Å². The van der Waals surface area contributed by atoms with Crippen molar-refractivity contribution in [3.8, 4) is 11.6 Å². The highest BCUT2D eigenvalue weighted by Crippen LogP contribution is 2.44. The Labute approximate surface area is 105 Å². The SMILES string of the molecule is COc1ncc(C(F)(F)F)c(Br)c1OC(F)(F)F. The summed E-state index contributed by atoms with van der Waals surface area (Å²) < 4.78 is 80.5. The van der Waals surface area contributed by atoms with Crippen molar-refractivity contribution in [1.29, 1.82) is 0 Å². The summed E-state index contributed by atoms with van der Waals surface area (Å²) in [6.07, 6.45) is -9.70. The largest absolute Gasteiger partial charge is 0.573 e. The normalized spacial score (nSPS) is 12.4. The van der Waals surface area contributed by atoms with Crippen molar-refractivity contribution >= 4 is 15.9 Å². The van der Waals surface area contributed by atoms with Gasteiger partial charge >= 0.3 is 12.5 Å². The third kappa shape index (κ3) is 3.40. The van der Waals surface area contributed by atoms with Gasteiger partial charge in [-0.3, -0.25) is 0 Å². The molecule has 1 rings (SSSR count). The fraction of sp³-hybridized carbons (Fsp3) is 0.375. The van der Waals surface area contributed by atoms with Crippen molar-refractivity contribution < 1.29 is 35.8 Å². The third-order valence-electron chi connectivity index (χ3n) is 1.66. The standard InChI is InChI=1S/C8H4BrF6NO2/c1-17-6-5(18-8(13,14)15)4(9)3(2-16-6)7(10,11)12/h2H,1H3. The minimum absolute atomic E-state index is 0.339. The Hall–Kier alpha value is -1.19. The predicted molar refractivity (Wildman–Crippen MR) is 50.2 cm³/mol. The average molecular weight is 340 g/mol. The van der Waals surface area contributed by atoms with Crippen LogP contribution in [0.25, 0.3) is 0 Å². The van der Waals surface area contributed by atoms with E-state index in [1.165, 1.54) is 0 Å². The number of halogens is 7. The highest BCUT2D eigenvalue weighted by molar-refractivity contribution is 9.10. The van der Waals surface area contributed by atoms with Crippen LogP contribution in [-0.2, 0) is 6.18 Å². The number of pyridine rings is 1.